The van der Waals surface area contributed by atoms with Crippen molar-refractivity contribution >= 4 is 59.4 Å². The number of carbonyl (C=O) groups is 1. The summed E-state index contributed by atoms with van der Waals surface area (Å²) in [5.41, 5.74) is 3.58. The normalized spacial score (nSPS) is 16.2. The maximum absolute atomic E-state index is 13.3. The summed E-state index contributed by atoms with van der Waals surface area (Å²) in [6, 6.07) is 23.4. The summed E-state index contributed by atoms with van der Waals surface area (Å²) in [5, 5.41) is 6.35. The number of hydrazone groups is 1. The average Bonchev–Trinajstić information content (AvgIpc) is 3.14. The van der Waals surface area contributed by atoms with Gasteiger partial charge in [0.15, 0.2) is 0 Å². The lowest BCUT2D eigenvalue weighted by Crippen LogP contribution is -2.27. The van der Waals surface area contributed by atoms with Gasteiger partial charge in [-0.3, -0.25) is 4.79 Å². The molecule has 0 bridgehead atoms. The van der Waals surface area contributed by atoms with Gasteiger partial charge in [0.05, 0.1) is 17.3 Å². The second-order valence-electron chi connectivity index (χ2n) is 6.45. The number of carbonyl (C=O) groups excluding carboxylic acids is 1. The summed E-state index contributed by atoms with van der Waals surface area (Å²) >= 11 is 10.4. The number of rotatable bonds is 3. The van der Waals surface area contributed by atoms with Crippen LogP contribution in [0.25, 0.3) is 0 Å². The Labute approximate surface area is 188 Å². The van der Waals surface area contributed by atoms with Crippen molar-refractivity contribution in [2.75, 3.05) is 0 Å². The van der Waals surface area contributed by atoms with E-state index in [1.54, 1.807) is 5.01 Å². The van der Waals surface area contributed by atoms with Crippen LogP contribution in [0.3, 0.4) is 0 Å². The molecule has 0 radical (unpaired) electrons. The van der Waals surface area contributed by atoms with Crippen LogP contribution in [-0.4, -0.2) is 16.6 Å². The molecular formula is C22H15Br3N2O. The lowest BCUT2D eigenvalue weighted by molar-refractivity contribution is 0.0710. The van der Waals surface area contributed by atoms with Gasteiger partial charge in [-0.15, -0.1) is 0 Å². The van der Waals surface area contributed by atoms with Crippen LogP contribution < -0.4 is 0 Å². The summed E-state index contributed by atoms with van der Waals surface area (Å²) in [6.45, 7) is 0. The third-order valence-electron chi connectivity index (χ3n) is 4.65. The third kappa shape index (κ3) is 4.00. The number of nitrogens with zero attached hydrogens (tertiary/aromatic N) is 2. The molecule has 140 valence electrons. The number of benzene rings is 3. The van der Waals surface area contributed by atoms with E-state index in [9.17, 15) is 4.79 Å². The summed E-state index contributed by atoms with van der Waals surface area (Å²) in [7, 11) is 0. The lowest BCUT2D eigenvalue weighted by Gasteiger charge is -2.22. The van der Waals surface area contributed by atoms with Gasteiger partial charge in [-0.25, -0.2) is 5.01 Å². The van der Waals surface area contributed by atoms with Crippen molar-refractivity contribution in [2.24, 2.45) is 5.10 Å². The molecule has 6 heteroatoms. The molecule has 0 unspecified atom stereocenters. The maximum Gasteiger partial charge on any atom is 0.275 e. The Bertz CT molecular complexity index is 1050. The highest BCUT2D eigenvalue weighted by atomic mass is 79.9. The first kappa shape index (κ1) is 19.6. The van der Waals surface area contributed by atoms with E-state index >= 15 is 0 Å². The van der Waals surface area contributed by atoms with E-state index in [1.807, 2.05) is 72.8 Å². The monoisotopic (exact) mass is 560 g/mol. The maximum atomic E-state index is 13.3. The standard InChI is InChI=1S/C22H15Br3N2O/c23-16-9-5-14(6-10-16)20-13-21(15-7-11-17(24)12-8-15)27(26-20)22(28)18-3-1-2-4-19(18)25/h1-12,21H,13H2/t21-/m0/s1. The molecule has 0 aromatic heterocycles. The molecule has 0 aliphatic carbocycles. The Morgan fingerprint density at radius 1 is 0.857 bits per heavy atom. The van der Waals surface area contributed by atoms with Gasteiger partial charge in [0.2, 0.25) is 0 Å². The summed E-state index contributed by atoms with van der Waals surface area (Å²) in [6.07, 6.45) is 0.666. The fraction of sp³-hybridized carbons (Fsp3) is 0.0909. The zero-order valence-electron chi connectivity index (χ0n) is 14.6. The Balaban J connectivity index is 1.75. The number of hydrogen-bond donors (Lipinski definition) is 0. The average molecular weight is 563 g/mol. The molecule has 3 nitrogen and oxygen atoms in total. The predicted octanol–water partition coefficient (Wildman–Crippen LogP) is 6.97. The molecule has 0 saturated heterocycles. The summed E-state index contributed by atoms with van der Waals surface area (Å²) in [5.74, 6) is -0.118. The van der Waals surface area contributed by atoms with Gasteiger partial charge >= 0.3 is 0 Å². The van der Waals surface area contributed by atoms with Crippen molar-refractivity contribution in [3.05, 3.63) is 103 Å². The highest BCUT2D eigenvalue weighted by Gasteiger charge is 2.34. The molecule has 1 aliphatic rings. The first-order valence-corrected chi connectivity index (χ1v) is 11.1. The van der Waals surface area contributed by atoms with E-state index in [1.165, 1.54) is 0 Å². The quantitative estimate of drug-likeness (QED) is 0.339. The minimum atomic E-state index is -0.147. The summed E-state index contributed by atoms with van der Waals surface area (Å²) in [4.78, 5) is 13.3. The SMILES string of the molecule is O=C(c1ccccc1Br)N1N=C(c2ccc(Br)cc2)C[C@H]1c1ccc(Br)cc1. The molecular weight excluding hydrogens is 548 g/mol. The first-order chi connectivity index (χ1) is 13.5. The van der Waals surface area contributed by atoms with Gasteiger partial charge < -0.3 is 0 Å². The van der Waals surface area contributed by atoms with Crippen LogP contribution in [0.5, 0.6) is 0 Å². The molecule has 0 N–H and O–H groups in total. The van der Waals surface area contributed by atoms with E-state index in [-0.39, 0.29) is 11.9 Å². The highest BCUT2D eigenvalue weighted by Crippen LogP contribution is 2.35. The number of hydrogen-bond acceptors (Lipinski definition) is 2. The summed E-state index contributed by atoms with van der Waals surface area (Å²) < 4.78 is 2.79. The molecule has 0 spiro atoms. The molecule has 1 aliphatic heterocycles. The smallest absolute Gasteiger partial charge is 0.267 e. The van der Waals surface area contributed by atoms with Crippen molar-refractivity contribution in [3.8, 4) is 0 Å². The van der Waals surface area contributed by atoms with Crippen LogP contribution in [0.15, 0.2) is 91.3 Å². The van der Waals surface area contributed by atoms with Crippen LogP contribution in [0.4, 0.5) is 0 Å². The van der Waals surface area contributed by atoms with Gasteiger partial charge in [0, 0.05) is 19.8 Å². The highest BCUT2D eigenvalue weighted by molar-refractivity contribution is 9.11. The largest absolute Gasteiger partial charge is 0.275 e. The Hall–Kier alpha value is -1.76. The number of amides is 1. The zero-order chi connectivity index (χ0) is 19.7. The molecule has 0 fully saturated rings. The van der Waals surface area contributed by atoms with E-state index in [0.717, 1.165) is 30.3 Å². The van der Waals surface area contributed by atoms with Gasteiger partial charge in [-0.1, -0.05) is 68.3 Å². The van der Waals surface area contributed by atoms with E-state index < -0.39 is 0 Å². The van der Waals surface area contributed by atoms with Gasteiger partial charge in [-0.05, 0) is 63.5 Å². The topological polar surface area (TPSA) is 32.7 Å². The third-order valence-corrected chi connectivity index (χ3v) is 6.40. The van der Waals surface area contributed by atoms with E-state index in [2.05, 4.69) is 47.8 Å². The molecule has 0 saturated carbocycles. The molecule has 4 rings (SSSR count). The van der Waals surface area contributed by atoms with Gasteiger partial charge in [0.1, 0.15) is 0 Å². The second-order valence-corrected chi connectivity index (χ2v) is 9.14. The van der Waals surface area contributed by atoms with Gasteiger partial charge in [0.25, 0.3) is 5.91 Å². The number of halogens is 3. The zero-order valence-corrected chi connectivity index (χ0v) is 19.4. The van der Waals surface area contributed by atoms with Gasteiger partial charge in [-0.2, -0.15) is 5.10 Å². The molecule has 28 heavy (non-hydrogen) atoms. The molecule has 3 aromatic rings. The Morgan fingerprint density at radius 3 is 2.11 bits per heavy atom. The Morgan fingerprint density at radius 2 is 1.46 bits per heavy atom. The second kappa shape index (κ2) is 8.31. The van der Waals surface area contributed by atoms with E-state index in [4.69, 9.17) is 5.10 Å². The van der Waals surface area contributed by atoms with Crippen LogP contribution in [0.2, 0.25) is 0 Å². The van der Waals surface area contributed by atoms with Crippen LogP contribution in [0.1, 0.15) is 33.9 Å². The fourth-order valence-corrected chi connectivity index (χ4v) is 4.20. The Kier molecular flexibility index (Phi) is 5.80. The van der Waals surface area contributed by atoms with Crippen LogP contribution in [0, 0.1) is 0 Å². The lowest BCUT2D eigenvalue weighted by atomic mass is 9.98. The fourth-order valence-electron chi connectivity index (χ4n) is 3.22. The van der Waals surface area contributed by atoms with Crippen molar-refractivity contribution in [1.29, 1.82) is 0 Å². The van der Waals surface area contributed by atoms with Crippen molar-refractivity contribution in [2.45, 2.75) is 12.5 Å². The van der Waals surface area contributed by atoms with Crippen molar-refractivity contribution < 1.29 is 4.79 Å². The molecule has 1 amide bonds. The van der Waals surface area contributed by atoms with Crippen molar-refractivity contribution in [1.82, 2.24) is 5.01 Å². The van der Waals surface area contributed by atoms with Crippen molar-refractivity contribution in [3.63, 3.8) is 0 Å². The first-order valence-electron chi connectivity index (χ1n) is 8.70. The molecule has 1 atom stereocenters. The predicted molar refractivity (Wildman–Crippen MR) is 122 cm³/mol. The molecule has 3 aromatic carbocycles. The van der Waals surface area contributed by atoms with Crippen LogP contribution in [-0.2, 0) is 0 Å². The molecule has 1 heterocycles. The van der Waals surface area contributed by atoms with Crippen LogP contribution >= 0.6 is 47.8 Å². The minimum absolute atomic E-state index is 0.118. The minimum Gasteiger partial charge on any atom is -0.267 e. The van der Waals surface area contributed by atoms with E-state index in [0.29, 0.717) is 12.0 Å².